The Kier molecular flexibility index (Phi) is 3.88. The van der Waals surface area contributed by atoms with Crippen molar-refractivity contribution < 1.29 is 4.74 Å². The molecule has 2 N–H and O–H groups in total. The van der Waals surface area contributed by atoms with E-state index in [2.05, 4.69) is 19.9 Å². The minimum absolute atomic E-state index is 0.612. The van der Waals surface area contributed by atoms with Crippen LogP contribution in [0.15, 0.2) is 48.5 Å². The highest BCUT2D eigenvalue weighted by Crippen LogP contribution is 2.27. The van der Waals surface area contributed by atoms with Crippen molar-refractivity contribution >= 4 is 5.69 Å². The molecule has 0 unspecified atom stereocenters. The van der Waals surface area contributed by atoms with E-state index in [0.717, 1.165) is 23.6 Å². The van der Waals surface area contributed by atoms with E-state index in [-0.39, 0.29) is 0 Å². The Bertz CT molecular complexity index is 503. The van der Waals surface area contributed by atoms with E-state index in [1.54, 1.807) is 0 Å². The van der Waals surface area contributed by atoms with Crippen LogP contribution in [0.25, 0.3) is 0 Å². The van der Waals surface area contributed by atoms with Crippen molar-refractivity contribution in [1.82, 2.24) is 0 Å². The highest BCUT2D eigenvalue weighted by Gasteiger charge is 2.06. The third-order valence-electron chi connectivity index (χ3n) is 2.71. The SMILES string of the molecule is CC(C)Cc1ccccc1Oc1ccc(N)cc1. The lowest BCUT2D eigenvalue weighted by Crippen LogP contribution is -1.97. The third kappa shape index (κ3) is 3.27. The maximum Gasteiger partial charge on any atom is 0.130 e. The molecule has 18 heavy (non-hydrogen) atoms. The number of nitrogens with two attached hydrogens (primary N) is 1. The van der Waals surface area contributed by atoms with E-state index in [4.69, 9.17) is 10.5 Å². The molecule has 0 aliphatic rings. The lowest BCUT2D eigenvalue weighted by atomic mass is 10.0. The Hall–Kier alpha value is -1.96. The van der Waals surface area contributed by atoms with Crippen LogP contribution >= 0.6 is 0 Å². The molecule has 0 spiro atoms. The molecule has 2 heteroatoms. The van der Waals surface area contributed by atoms with Gasteiger partial charge in [0.15, 0.2) is 0 Å². The smallest absolute Gasteiger partial charge is 0.130 e. The van der Waals surface area contributed by atoms with E-state index < -0.39 is 0 Å². The lowest BCUT2D eigenvalue weighted by Gasteiger charge is -2.12. The summed E-state index contributed by atoms with van der Waals surface area (Å²) in [7, 11) is 0. The van der Waals surface area contributed by atoms with Crippen LogP contribution in [0.5, 0.6) is 11.5 Å². The van der Waals surface area contributed by atoms with Crippen molar-refractivity contribution in [3.05, 3.63) is 54.1 Å². The molecule has 0 atom stereocenters. The largest absolute Gasteiger partial charge is 0.457 e. The fourth-order valence-electron chi connectivity index (χ4n) is 1.87. The van der Waals surface area contributed by atoms with Gasteiger partial charge < -0.3 is 10.5 Å². The van der Waals surface area contributed by atoms with Crippen LogP contribution < -0.4 is 10.5 Å². The minimum atomic E-state index is 0.612. The fourth-order valence-corrected chi connectivity index (χ4v) is 1.87. The number of anilines is 1. The van der Waals surface area contributed by atoms with Crippen LogP contribution in [0.3, 0.4) is 0 Å². The molecule has 2 nitrogen and oxygen atoms in total. The van der Waals surface area contributed by atoms with Gasteiger partial charge in [-0.25, -0.2) is 0 Å². The average Bonchev–Trinajstić information content (AvgIpc) is 2.34. The van der Waals surface area contributed by atoms with Crippen molar-refractivity contribution in [1.29, 1.82) is 0 Å². The van der Waals surface area contributed by atoms with Gasteiger partial charge in [0.05, 0.1) is 0 Å². The first-order valence-corrected chi connectivity index (χ1v) is 6.26. The van der Waals surface area contributed by atoms with Crippen LogP contribution in [0, 0.1) is 5.92 Å². The molecule has 2 rings (SSSR count). The van der Waals surface area contributed by atoms with Crippen LogP contribution in [-0.2, 0) is 6.42 Å². The van der Waals surface area contributed by atoms with Gasteiger partial charge in [0, 0.05) is 5.69 Å². The van der Waals surface area contributed by atoms with Crippen molar-refractivity contribution in [2.45, 2.75) is 20.3 Å². The summed E-state index contributed by atoms with van der Waals surface area (Å²) in [5, 5.41) is 0. The van der Waals surface area contributed by atoms with Gasteiger partial charge in [0.1, 0.15) is 11.5 Å². The Morgan fingerprint density at radius 3 is 2.33 bits per heavy atom. The monoisotopic (exact) mass is 241 g/mol. The molecule has 0 aromatic heterocycles. The second-order valence-electron chi connectivity index (χ2n) is 4.88. The molecule has 2 aromatic carbocycles. The summed E-state index contributed by atoms with van der Waals surface area (Å²) < 4.78 is 5.91. The van der Waals surface area contributed by atoms with Gasteiger partial charge in [0.25, 0.3) is 0 Å². The molecule has 0 bridgehead atoms. The number of nitrogen functional groups attached to an aromatic ring is 1. The predicted molar refractivity (Wildman–Crippen MR) is 75.9 cm³/mol. The molecule has 0 amide bonds. The number of para-hydroxylation sites is 1. The van der Waals surface area contributed by atoms with Crippen molar-refractivity contribution in [2.24, 2.45) is 5.92 Å². The van der Waals surface area contributed by atoms with Crippen LogP contribution in [-0.4, -0.2) is 0 Å². The maximum atomic E-state index is 5.91. The zero-order chi connectivity index (χ0) is 13.0. The molecular formula is C16H19NO. The average molecular weight is 241 g/mol. The molecule has 0 heterocycles. The predicted octanol–water partition coefficient (Wildman–Crippen LogP) is 4.26. The molecule has 94 valence electrons. The summed E-state index contributed by atoms with van der Waals surface area (Å²) in [4.78, 5) is 0. The minimum Gasteiger partial charge on any atom is -0.457 e. The Labute approximate surface area is 108 Å². The van der Waals surface area contributed by atoms with Crippen molar-refractivity contribution in [3.63, 3.8) is 0 Å². The number of ether oxygens (including phenoxy) is 1. The van der Waals surface area contributed by atoms with Crippen LogP contribution in [0.4, 0.5) is 5.69 Å². The lowest BCUT2D eigenvalue weighted by molar-refractivity contribution is 0.471. The first kappa shape index (κ1) is 12.5. The van der Waals surface area contributed by atoms with Crippen molar-refractivity contribution in [2.75, 3.05) is 5.73 Å². The first-order chi connectivity index (χ1) is 8.65. The van der Waals surface area contributed by atoms with Crippen LogP contribution in [0.1, 0.15) is 19.4 Å². The number of benzene rings is 2. The zero-order valence-corrected chi connectivity index (χ0v) is 10.9. The van der Waals surface area contributed by atoms with Crippen LogP contribution in [0.2, 0.25) is 0 Å². The summed E-state index contributed by atoms with van der Waals surface area (Å²) in [6, 6.07) is 15.6. The fraction of sp³-hybridized carbons (Fsp3) is 0.250. The number of rotatable bonds is 4. The molecule has 0 saturated heterocycles. The summed E-state index contributed by atoms with van der Waals surface area (Å²) in [6.45, 7) is 4.42. The zero-order valence-electron chi connectivity index (χ0n) is 10.9. The van der Waals surface area contributed by atoms with E-state index >= 15 is 0 Å². The highest BCUT2D eigenvalue weighted by atomic mass is 16.5. The standard InChI is InChI=1S/C16H19NO/c1-12(2)11-13-5-3-4-6-16(13)18-15-9-7-14(17)8-10-15/h3-10,12H,11,17H2,1-2H3. The normalized spacial score (nSPS) is 10.6. The maximum absolute atomic E-state index is 5.91. The quantitative estimate of drug-likeness (QED) is 0.812. The Morgan fingerprint density at radius 1 is 1.00 bits per heavy atom. The van der Waals surface area contributed by atoms with Gasteiger partial charge in [-0.3, -0.25) is 0 Å². The Morgan fingerprint density at radius 2 is 1.67 bits per heavy atom. The topological polar surface area (TPSA) is 35.2 Å². The van der Waals surface area contributed by atoms with Gasteiger partial charge >= 0.3 is 0 Å². The van der Waals surface area contributed by atoms with Crippen molar-refractivity contribution in [3.8, 4) is 11.5 Å². The second-order valence-corrected chi connectivity index (χ2v) is 4.88. The second kappa shape index (κ2) is 5.58. The summed E-state index contributed by atoms with van der Waals surface area (Å²) >= 11 is 0. The number of hydrogen-bond donors (Lipinski definition) is 1. The molecule has 2 aromatic rings. The molecule has 0 aliphatic heterocycles. The molecule has 0 saturated carbocycles. The molecular weight excluding hydrogens is 222 g/mol. The molecule has 0 aliphatic carbocycles. The molecule has 0 fully saturated rings. The van der Waals surface area contributed by atoms with E-state index in [0.29, 0.717) is 5.92 Å². The molecule has 0 radical (unpaired) electrons. The van der Waals surface area contributed by atoms with Gasteiger partial charge in [0.2, 0.25) is 0 Å². The summed E-state index contributed by atoms with van der Waals surface area (Å²) in [5.74, 6) is 2.36. The first-order valence-electron chi connectivity index (χ1n) is 6.26. The Balaban J connectivity index is 2.20. The van der Waals surface area contributed by atoms with Gasteiger partial charge in [-0.1, -0.05) is 32.0 Å². The van der Waals surface area contributed by atoms with Gasteiger partial charge in [-0.2, -0.15) is 0 Å². The summed E-state index contributed by atoms with van der Waals surface area (Å²) in [6.07, 6.45) is 1.02. The van der Waals surface area contributed by atoms with E-state index in [9.17, 15) is 0 Å². The summed E-state index contributed by atoms with van der Waals surface area (Å²) in [5.41, 5.74) is 7.65. The highest BCUT2D eigenvalue weighted by molar-refractivity contribution is 5.44. The van der Waals surface area contributed by atoms with E-state index in [1.165, 1.54) is 5.56 Å². The van der Waals surface area contributed by atoms with Gasteiger partial charge in [-0.05, 0) is 48.2 Å². The third-order valence-corrected chi connectivity index (χ3v) is 2.71. The van der Waals surface area contributed by atoms with Gasteiger partial charge in [-0.15, -0.1) is 0 Å². The number of hydrogen-bond acceptors (Lipinski definition) is 2. The van der Waals surface area contributed by atoms with E-state index in [1.807, 2.05) is 42.5 Å².